The molecule has 2 rings (SSSR count). The van der Waals surface area contributed by atoms with Gasteiger partial charge in [0.05, 0.1) is 7.11 Å². The number of ether oxygens (including phenoxy) is 2. The molecule has 0 radical (unpaired) electrons. The van der Waals surface area contributed by atoms with Crippen LogP contribution in [0.15, 0.2) is 29.4 Å². The molecule has 7 N–H and O–H groups in total. The second-order valence-corrected chi connectivity index (χ2v) is 9.53. The molecule has 0 bridgehead atoms. The smallest absolute Gasteiger partial charge is 0.408 e. The molecular weight excluding hydrogens is 468 g/mol. The lowest BCUT2D eigenvalue weighted by atomic mass is 10.2. The van der Waals surface area contributed by atoms with Gasteiger partial charge in [-0.05, 0) is 63.8 Å². The highest BCUT2D eigenvalue weighted by Gasteiger charge is 2.33. The van der Waals surface area contributed by atoms with Crippen LogP contribution < -0.4 is 27.2 Å². The topological polar surface area (TPSA) is 182 Å². The fourth-order valence-electron chi connectivity index (χ4n) is 2.78. The van der Waals surface area contributed by atoms with Crippen molar-refractivity contribution >= 4 is 23.8 Å². The van der Waals surface area contributed by atoms with Gasteiger partial charge in [0.2, 0.25) is 5.91 Å². The van der Waals surface area contributed by atoms with Crippen LogP contribution in [0.3, 0.4) is 0 Å². The largest absolute Gasteiger partial charge is 0.497 e. The Balaban J connectivity index is 0.000000622. The first kappa shape index (κ1) is 32.5. The number of rotatable bonds is 6. The summed E-state index contributed by atoms with van der Waals surface area (Å²) < 4.78 is 9.98. The highest BCUT2D eigenvalue weighted by atomic mass is 16.6. The molecule has 1 saturated heterocycles. The van der Waals surface area contributed by atoms with Crippen molar-refractivity contribution in [3.63, 3.8) is 0 Å². The number of hydrogen-bond acceptors (Lipinski definition) is 8. The van der Waals surface area contributed by atoms with Gasteiger partial charge in [-0.3, -0.25) is 4.79 Å². The quantitative estimate of drug-likeness (QED) is 0.165. The predicted octanol–water partition coefficient (Wildman–Crippen LogP) is 2.03. The molecule has 0 spiro atoms. The molecular formula is C24H42N6O6. The van der Waals surface area contributed by atoms with Gasteiger partial charge in [0, 0.05) is 12.1 Å². The van der Waals surface area contributed by atoms with Crippen molar-refractivity contribution < 1.29 is 29.0 Å². The van der Waals surface area contributed by atoms with Gasteiger partial charge < -0.3 is 30.5 Å². The van der Waals surface area contributed by atoms with Crippen LogP contribution in [0.4, 0.5) is 4.79 Å². The molecule has 0 aromatic heterocycles. The Morgan fingerprint density at radius 3 is 2.19 bits per heavy atom. The van der Waals surface area contributed by atoms with Gasteiger partial charge in [-0.25, -0.2) is 21.0 Å². The number of carboxylic acid groups (broad SMARTS) is 1. The van der Waals surface area contributed by atoms with E-state index in [-0.39, 0.29) is 6.54 Å². The van der Waals surface area contributed by atoms with Gasteiger partial charge in [-0.15, -0.1) is 5.10 Å². The van der Waals surface area contributed by atoms with Gasteiger partial charge in [0.15, 0.2) is 5.84 Å². The van der Waals surface area contributed by atoms with Crippen LogP contribution >= 0.6 is 0 Å². The van der Waals surface area contributed by atoms with E-state index in [2.05, 4.69) is 36.7 Å². The number of methoxy groups -OCH3 is 1. The van der Waals surface area contributed by atoms with Crippen molar-refractivity contribution in [3.8, 4) is 5.75 Å². The fourth-order valence-corrected chi connectivity index (χ4v) is 2.78. The van der Waals surface area contributed by atoms with Crippen molar-refractivity contribution in [1.82, 2.24) is 15.8 Å². The van der Waals surface area contributed by atoms with Crippen molar-refractivity contribution in [3.05, 3.63) is 29.8 Å². The first-order chi connectivity index (χ1) is 16.7. The average Bonchev–Trinajstić information content (AvgIpc) is 3.27. The van der Waals surface area contributed by atoms with Crippen molar-refractivity contribution in [1.29, 1.82) is 0 Å². The van der Waals surface area contributed by atoms with Crippen molar-refractivity contribution in [2.75, 3.05) is 20.2 Å². The monoisotopic (exact) mass is 510 g/mol. The number of carboxylic acids is 1. The van der Waals surface area contributed by atoms with Crippen LogP contribution in [0.2, 0.25) is 0 Å². The number of nitrogens with zero attached hydrogens (tertiary/aromatic N) is 2. The summed E-state index contributed by atoms with van der Waals surface area (Å²) in [6, 6.07) is 6.42. The van der Waals surface area contributed by atoms with Gasteiger partial charge in [0.25, 0.3) is 0 Å². The van der Waals surface area contributed by atoms with Crippen molar-refractivity contribution in [2.45, 2.75) is 66.0 Å². The second-order valence-electron chi connectivity index (χ2n) is 9.53. The van der Waals surface area contributed by atoms with E-state index < -0.39 is 29.6 Å². The summed E-state index contributed by atoms with van der Waals surface area (Å²) in [6.07, 6.45) is 0.426. The summed E-state index contributed by atoms with van der Waals surface area (Å²) in [5.74, 6) is 5.51. The molecule has 1 fully saturated rings. The molecule has 1 aliphatic rings. The molecule has 1 atom stereocenters. The van der Waals surface area contributed by atoms with Crippen LogP contribution in [0, 0.1) is 5.92 Å². The highest BCUT2D eigenvalue weighted by molar-refractivity contribution is 5.97. The number of nitrogens with two attached hydrogens (primary N) is 2. The number of hydrazine groups is 1. The number of benzene rings is 1. The third-order valence-electron chi connectivity index (χ3n) is 4.21. The maximum atomic E-state index is 11.8. The lowest BCUT2D eigenvalue weighted by molar-refractivity contribution is -0.147. The fraction of sp³-hybridized carbons (Fsp3) is 0.583. The summed E-state index contributed by atoms with van der Waals surface area (Å²) in [6.45, 7) is 11.8. The molecule has 12 heteroatoms. The molecule has 1 aliphatic heterocycles. The van der Waals surface area contributed by atoms with Gasteiger partial charge in [-0.2, -0.15) is 0 Å². The van der Waals surface area contributed by atoms with Gasteiger partial charge in [-0.1, -0.05) is 20.8 Å². The second kappa shape index (κ2) is 16.2. The number of carbonyl (C=O) groups is 3. The molecule has 0 saturated carbocycles. The van der Waals surface area contributed by atoms with Gasteiger partial charge >= 0.3 is 12.1 Å². The Morgan fingerprint density at radius 1 is 1.19 bits per heavy atom. The maximum Gasteiger partial charge on any atom is 0.408 e. The number of alkyl carbamates (subject to hydrolysis) is 1. The van der Waals surface area contributed by atoms with E-state index in [4.69, 9.17) is 26.2 Å². The number of hydrogen-bond donors (Lipinski definition) is 5. The molecule has 1 aromatic rings. The molecule has 1 unspecified atom stereocenters. The summed E-state index contributed by atoms with van der Waals surface area (Å²) in [4.78, 5) is 35.4. The van der Waals surface area contributed by atoms with E-state index in [9.17, 15) is 14.4 Å². The number of carbonyl (C=O) groups excluding carboxylic acids is 2. The first-order valence-corrected chi connectivity index (χ1v) is 11.6. The van der Waals surface area contributed by atoms with Crippen LogP contribution in [0.25, 0.3) is 0 Å². The Kier molecular flexibility index (Phi) is 14.6. The van der Waals surface area contributed by atoms with E-state index >= 15 is 0 Å². The summed E-state index contributed by atoms with van der Waals surface area (Å²) in [7, 11) is 1.61. The summed E-state index contributed by atoms with van der Waals surface area (Å²) >= 11 is 0. The molecule has 36 heavy (non-hydrogen) atoms. The minimum absolute atomic E-state index is 0.251. The lowest BCUT2D eigenvalue weighted by Gasteiger charge is -2.23. The van der Waals surface area contributed by atoms with Gasteiger partial charge in [0.1, 0.15) is 23.9 Å². The number of likely N-dealkylation sites (tertiary alicyclic amines) is 1. The third kappa shape index (κ3) is 14.0. The standard InChI is InChI=1S/C12H20N2O5.C8H12N4O.C4H10/c1-12(2,3)19-11(18)13-7-9(15)14-6-4-5-8(14)10(16)17;1-13-7-4-2-6(3-5-7)8(9)11-12-10;1-4(2)3/h8H,4-7H2,1-3H3,(H,13,18)(H,16,17);2-5,12H,10H2,1H3,(H2,9,11);4H,1-3H3. The minimum Gasteiger partial charge on any atom is -0.497 e. The Labute approximate surface area is 213 Å². The maximum absolute atomic E-state index is 11.8. The summed E-state index contributed by atoms with van der Waals surface area (Å²) in [5.41, 5.74) is 7.85. The number of nitrogens with one attached hydrogen (secondary N) is 2. The van der Waals surface area contributed by atoms with Crippen LogP contribution in [-0.2, 0) is 14.3 Å². The molecule has 1 aromatic carbocycles. The van der Waals surface area contributed by atoms with Crippen LogP contribution in [0.1, 0.15) is 59.9 Å². The van der Waals surface area contributed by atoms with E-state index in [1.165, 1.54) is 4.90 Å². The third-order valence-corrected chi connectivity index (χ3v) is 4.21. The molecule has 2 amide bonds. The van der Waals surface area contributed by atoms with E-state index in [1.54, 1.807) is 52.1 Å². The Morgan fingerprint density at radius 2 is 1.75 bits per heavy atom. The van der Waals surface area contributed by atoms with E-state index in [1.807, 2.05) is 0 Å². The van der Waals surface area contributed by atoms with E-state index in [0.29, 0.717) is 25.2 Å². The zero-order valence-electron chi connectivity index (χ0n) is 22.3. The van der Waals surface area contributed by atoms with Crippen LogP contribution in [0.5, 0.6) is 5.75 Å². The highest BCUT2D eigenvalue weighted by Crippen LogP contribution is 2.17. The summed E-state index contributed by atoms with van der Waals surface area (Å²) in [5, 5.41) is 14.9. The molecule has 0 aliphatic carbocycles. The van der Waals surface area contributed by atoms with E-state index in [0.717, 1.165) is 17.2 Å². The Bertz CT molecular complexity index is 849. The molecule has 1 heterocycles. The lowest BCUT2D eigenvalue weighted by Crippen LogP contribution is -2.46. The number of aliphatic carboxylic acids is 1. The normalized spacial score (nSPS) is 15.1. The predicted molar refractivity (Wildman–Crippen MR) is 138 cm³/mol. The SMILES string of the molecule is CC(C)(C)OC(=O)NCC(=O)N1CCCC1C(=O)O.CC(C)C.COc1ccc(/C(N)=N/NN)cc1. The van der Waals surface area contributed by atoms with Crippen LogP contribution in [-0.4, -0.2) is 65.7 Å². The number of hydrazone groups is 1. The number of amides is 2. The zero-order chi connectivity index (χ0) is 27.9. The Hall–Kier alpha value is -3.54. The molecule has 204 valence electrons. The number of amidine groups is 1. The molecule has 12 nitrogen and oxygen atoms in total. The average molecular weight is 511 g/mol. The minimum atomic E-state index is -1.01. The zero-order valence-corrected chi connectivity index (χ0v) is 22.3. The first-order valence-electron chi connectivity index (χ1n) is 11.6. The van der Waals surface area contributed by atoms with Crippen molar-refractivity contribution in [2.24, 2.45) is 22.6 Å².